The van der Waals surface area contributed by atoms with Gasteiger partial charge in [0, 0.05) is 24.1 Å². The number of hydrogen-bond acceptors (Lipinski definition) is 2. The zero-order chi connectivity index (χ0) is 11.5. The van der Waals surface area contributed by atoms with Crippen LogP contribution in [-0.4, -0.2) is 15.6 Å². The quantitative estimate of drug-likeness (QED) is 0.851. The Balaban J connectivity index is 2.23. The number of aryl methyl sites for hydroxylation is 1. The van der Waals surface area contributed by atoms with E-state index in [4.69, 9.17) is 5.73 Å². The third-order valence-corrected chi connectivity index (χ3v) is 2.60. The lowest BCUT2D eigenvalue weighted by atomic mass is 10.1. The maximum Gasteiger partial charge on any atom is 0.110 e. The summed E-state index contributed by atoms with van der Waals surface area (Å²) in [4.78, 5) is 4.21. The number of imidazole rings is 1. The first-order chi connectivity index (χ1) is 7.66. The van der Waals surface area contributed by atoms with Crippen LogP contribution in [0.2, 0.25) is 0 Å². The summed E-state index contributed by atoms with van der Waals surface area (Å²) in [6.07, 6.45) is 4.70. The summed E-state index contributed by atoms with van der Waals surface area (Å²) in [7, 11) is 0. The molecule has 0 bridgehead atoms. The first-order valence-electron chi connectivity index (χ1n) is 5.51. The number of hydrogen-bond donors (Lipinski definition) is 1. The van der Waals surface area contributed by atoms with E-state index >= 15 is 0 Å². The van der Waals surface area contributed by atoms with Crippen molar-refractivity contribution in [3.63, 3.8) is 0 Å². The molecule has 1 heterocycles. The fraction of sp³-hybridized carbons (Fsp3) is 0.308. The molecule has 0 aliphatic carbocycles. The van der Waals surface area contributed by atoms with Crippen molar-refractivity contribution in [2.24, 2.45) is 5.73 Å². The number of nitrogens with zero attached hydrogens (tertiary/aromatic N) is 2. The molecule has 2 aromatic rings. The first-order valence-corrected chi connectivity index (χ1v) is 5.51. The average Bonchev–Trinajstić information content (AvgIpc) is 2.65. The molecule has 0 aliphatic rings. The summed E-state index contributed by atoms with van der Waals surface area (Å²) in [6, 6.07) is 8.66. The van der Waals surface area contributed by atoms with Crippen molar-refractivity contribution in [1.29, 1.82) is 0 Å². The predicted molar refractivity (Wildman–Crippen MR) is 65.7 cm³/mol. The molecular weight excluding hydrogens is 198 g/mol. The van der Waals surface area contributed by atoms with Gasteiger partial charge in [-0.25, -0.2) is 4.98 Å². The molecule has 2 N–H and O–H groups in total. The molecule has 0 saturated heterocycles. The van der Waals surface area contributed by atoms with Gasteiger partial charge in [-0.15, -0.1) is 0 Å². The second-order valence-corrected chi connectivity index (χ2v) is 4.19. The number of aromatic nitrogens is 2. The van der Waals surface area contributed by atoms with E-state index in [2.05, 4.69) is 33.8 Å². The van der Waals surface area contributed by atoms with Gasteiger partial charge < -0.3 is 10.3 Å². The molecule has 0 amide bonds. The van der Waals surface area contributed by atoms with Crippen molar-refractivity contribution in [2.75, 3.05) is 0 Å². The van der Waals surface area contributed by atoms with Crippen LogP contribution < -0.4 is 5.73 Å². The minimum atomic E-state index is 0.209. The summed E-state index contributed by atoms with van der Waals surface area (Å²) < 4.78 is 2.07. The Morgan fingerprint density at radius 1 is 1.31 bits per heavy atom. The molecule has 0 saturated carbocycles. The molecule has 1 aromatic heterocycles. The minimum Gasteiger partial charge on any atom is -0.328 e. The van der Waals surface area contributed by atoms with Crippen LogP contribution in [0.5, 0.6) is 0 Å². The Kier molecular flexibility index (Phi) is 3.06. The standard InChI is InChI=1S/C13H17N3/c1-10(14)9-12-3-5-13(6-4-12)16-8-7-15-11(16)2/h3-8,10H,9,14H2,1-2H3. The molecule has 0 spiro atoms. The maximum atomic E-state index is 5.77. The highest BCUT2D eigenvalue weighted by atomic mass is 15.1. The summed E-state index contributed by atoms with van der Waals surface area (Å²) in [5, 5.41) is 0. The van der Waals surface area contributed by atoms with Crippen molar-refractivity contribution >= 4 is 0 Å². The summed E-state index contributed by atoms with van der Waals surface area (Å²) in [5.41, 5.74) is 8.18. The largest absolute Gasteiger partial charge is 0.328 e. The second-order valence-electron chi connectivity index (χ2n) is 4.19. The van der Waals surface area contributed by atoms with Crippen LogP contribution in [0.15, 0.2) is 36.7 Å². The highest BCUT2D eigenvalue weighted by molar-refractivity contribution is 5.36. The van der Waals surface area contributed by atoms with Gasteiger partial charge in [0.2, 0.25) is 0 Å². The Bertz CT molecular complexity index is 454. The molecule has 84 valence electrons. The number of rotatable bonds is 3. The molecule has 1 atom stereocenters. The smallest absolute Gasteiger partial charge is 0.110 e. The van der Waals surface area contributed by atoms with Gasteiger partial charge >= 0.3 is 0 Å². The lowest BCUT2D eigenvalue weighted by Gasteiger charge is -2.08. The van der Waals surface area contributed by atoms with E-state index in [0.717, 1.165) is 17.9 Å². The molecule has 2 rings (SSSR count). The van der Waals surface area contributed by atoms with Crippen LogP contribution >= 0.6 is 0 Å². The Hall–Kier alpha value is -1.61. The van der Waals surface area contributed by atoms with E-state index in [1.807, 2.05) is 26.2 Å². The topological polar surface area (TPSA) is 43.8 Å². The summed E-state index contributed by atoms with van der Waals surface area (Å²) in [5.74, 6) is 1.000. The van der Waals surface area contributed by atoms with Crippen molar-refractivity contribution in [1.82, 2.24) is 9.55 Å². The van der Waals surface area contributed by atoms with Crippen molar-refractivity contribution in [3.05, 3.63) is 48.0 Å². The van der Waals surface area contributed by atoms with Gasteiger partial charge in [-0.1, -0.05) is 12.1 Å². The van der Waals surface area contributed by atoms with Gasteiger partial charge in [0.15, 0.2) is 0 Å². The minimum absolute atomic E-state index is 0.209. The fourth-order valence-corrected chi connectivity index (χ4v) is 1.82. The number of nitrogens with two attached hydrogens (primary N) is 1. The lowest BCUT2D eigenvalue weighted by Crippen LogP contribution is -2.17. The van der Waals surface area contributed by atoms with Crippen LogP contribution in [0.4, 0.5) is 0 Å². The second kappa shape index (κ2) is 4.49. The molecule has 0 fully saturated rings. The van der Waals surface area contributed by atoms with E-state index in [1.165, 1.54) is 5.56 Å². The van der Waals surface area contributed by atoms with Gasteiger partial charge in [-0.3, -0.25) is 0 Å². The van der Waals surface area contributed by atoms with Gasteiger partial charge in [-0.05, 0) is 38.0 Å². The monoisotopic (exact) mass is 215 g/mol. The molecule has 3 nitrogen and oxygen atoms in total. The third-order valence-electron chi connectivity index (χ3n) is 2.60. The average molecular weight is 215 g/mol. The molecule has 0 radical (unpaired) electrons. The van der Waals surface area contributed by atoms with E-state index in [1.54, 1.807) is 0 Å². The Labute approximate surface area is 95.9 Å². The van der Waals surface area contributed by atoms with Crippen LogP contribution in [0, 0.1) is 6.92 Å². The highest BCUT2D eigenvalue weighted by Crippen LogP contribution is 2.12. The van der Waals surface area contributed by atoms with Gasteiger partial charge in [0.25, 0.3) is 0 Å². The summed E-state index contributed by atoms with van der Waals surface area (Å²) >= 11 is 0. The molecule has 3 heteroatoms. The molecule has 0 aliphatic heterocycles. The van der Waals surface area contributed by atoms with Crippen LogP contribution in [0.25, 0.3) is 5.69 Å². The molecule has 16 heavy (non-hydrogen) atoms. The maximum absolute atomic E-state index is 5.77. The fourth-order valence-electron chi connectivity index (χ4n) is 1.82. The summed E-state index contributed by atoms with van der Waals surface area (Å²) in [6.45, 7) is 4.02. The van der Waals surface area contributed by atoms with E-state index in [0.29, 0.717) is 0 Å². The SMILES string of the molecule is Cc1nccn1-c1ccc(CC(C)N)cc1. The van der Waals surface area contributed by atoms with Gasteiger partial charge in [-0.2, -0.15) is 0 Å². The van der Waals surface area contributed by atoms with E-state index < -0.39 is 0 Å². The zero-order valence-corrected chi connectivity index (χ0v) is 9.72. The molecule has 1 unspecified atom stereocenters. The van der Waals surface area contributed by atoms with Crippen LogP contribution in [-0.2, 0) is 6.42 Å². The van der Waals surface area contributed by atoms with Crippen molar-refractivity contribution in [2.45, 2.75) is 26.3 Å². The van der Waals surface area contributed by atoms with E-state index in [9.17, 15) is 0 Å². The first kappa shape index (κ1) is 10.9. The van der Waals surface area contributed by atoms with Gasteiger partial charge in [0.1, 0.15) is 5.82 Å². The third kappa shape index (κ3) is 2.31. The van der Waals surface area contributed by atoms with Crippen LogP contribution in [0.1, 0.15) is 18.3 Å². The zero-order valence-electron chi connectivity index (χ0n) is 9.72. The normalized spacial score (nSPS) is 12.7. The van der Waals surface area contributed by atoms with Gasteiger partial charge in [0.05, 0.1) is 0 Å². The lowest BCUT2D eigenvalue weighted by molar-refractivity contribution is 0.738. The molecule has 1 aromatic carbocycles. The van der Waals surface area contributed by atoms with Crippen LogP contribution in [0.3, 0.4) is 0 Å². The van der Waals surface area contributed by atoms with E-state index in [-0.39, 0.29) is 6.04 Å². The van der Waals surface area contributed by atoms with Crippen molar-refractivity contribution < 1.29 is 0 Å². The number of benzene rings is 1. The molecular formula is C13H17N3. The Morgan fingerprint density at radius 2 is 2.00 bits per heavy atom. The predicted octanol–water partition coefficient (Wildman–Crippen LogP) is 2.07. The van der Waals surface area contributed by atoms with Crippen molar-refractivity contribution in [3.8, 4) is 5.69 Å². The highest BCUT2D eigenvalue weighted by Gasteiger charge is 2.01. The Morgan fingerprint density at radius 3 is 2.50 bits per heavy atom.